The Morgan fingerprint density at radius 2 is 1.19 bits per heavy atom. The summed E-state index contributed by atoms with van der Waals surface area (Å²) < 4.78 is 0. The van der Waals surface area contributed by atoms with Crippen molar-refractivity contribution in [2.45, 2.75) is 32.7 Å². The molecule has 3 amide bonds. The molecule has 0 saturated heterocycles. The first-order valence-electron chi connectivity index (χ1n) is 10.3. The molecule has 2 aromatic carbocycles. The molecule has 6 nitrogen and oxygen atoms in total. The fraction of sp³-hybridized carbons (Fsp3) is 0.333. The molecule has 164 valence electrons. The van der Waals surface area contributed by atoms with Crippen LogP contribution in [0, 0.1) is 5.92 Å². The minimum Gasteiger partial charge on any atom is -0.354 e. The van der Waals surface area contributed by atoms with Gasteiger partial charge in [0.05, 0.1) is 5.92 Å². The maximum Gasteiger partial charge on any atom is 0.252 e. The van der Waals surface area contributed by atoms with E-state index in [0.29, 0.717) is 30.8 Å². The van der Waals surface area contributed by atoms with Crippen molar-refractivity contribution in [3.8, 4) is 0 Å². The number of benzene rings is 2. The van der Waals surface area contributed by atoms with Gasteiger partial charge in [-0.2, -0.15) is 0 Å². The Labute approximate surface area is 188 Å². The van der Waals surface area contributed by atoms with Crippen molar-refractivity contribution < 1.29 is 14.4 Å². The first kappa shape index (κ1) is 24.2. The van der Waals surface area contributed by atoms with E-state index in [1.165, 1.54) is 0 Å². The Morgan fingerprint density at radius 3 is 1.58 bits per heavy atom. The third kappa shape index (κ3) is 8.30. The van der Waals surface area contributed by atoms with E-state index in [-0.39, 0.29) is 0 Å². The predicted octanol–water partition coefficient (Wildman–Crippen LogP) is 2.21. The van der Waals surface area contributed by atoms with Crippen LogP contribution >= 0.6 is 12.2 Å². The Kier molecular flexibility index (Phi) is 9.84. The van der Waals surface area contributed by atoms with E-state index in [0.717, 1.165) is 11.1 Å². The highest BCUT2D eigenvalue weighted by atomic mass is 32.1. The van der Waals surface area contributed by atoms with Gasteiger partial charge in [-0.1, -0.05) is 72.9 Å². The fourth-order valence-corrected chi connectivity index (χ4v) is 2.96. The van der Waals surface area contributed by atoms with E-state index in [1.807, 2.05) is 60.7 Å². The summed E-state index contributed by atoms with van der Waals surface area (Å²) in [4.78, 5) is 38.4. The molecular formula is C24H29N3O3S. The summed E-state index contributed by atoms with van der Waals surface area (Å²) in [5.74, 6) is -2.12. The van der Waals surface area contributed by atoms with Gasteiger partial charge in [-0.05, 0) is 37.8 Å². The standard InChI is InChI=1S/C24H29N3O3S/c1-17(18(2)31)22(28)27-21(23(29)25-15-13-19-9-5-3-6-10-19)24(30)26-16-14-20-11-7-4-8-12-20/h3-12,17,21H,13-16H2,1-2H3,(H,25,29)(H,26,30)(H,27,28)/t17-/m0/s1. The lowest BCUT2D eigenvalue weighted by atomic mass is 10.1. The molecule has 0 radical (unpaired) electrons. The molecule has 2 aromatic rings. The average molecular weight is 440 g/mol. The quantitative estimate of drug-likeness (QED) is 0.370. The molecular weight excluding hydrogens is 410 g/mol. The van der Waals surface area contributed by atoms with Crippen molar-refractivity contribution in [3.05, 3.63) is 71.8 Å². The monoisotopic (exact) mass is 439 g/mol. The minimum absolute atomic E-state index is 0.355. The average Bonchev–Trinajstić information content (AvgIpc) is 2.77. The molecule has 0 aromatic heterocycles. The highest BCUT2D eigenvalue weighted by Crippen LogP contribution is 2.02. The Hall–Kier alpha value is -3.06. The molecule has 2 rings (SSSR count). The molecule has 1 atom stereocenters. The number of carbonyl (C=O) groups is 3. The second-order valence-electron chi connectivity index (χ2n) is 7.33. The fourth-order valence-electron chi connectivity index (χ4n) is 2.86. The number of rotatable bonds is 11. The summed E-state index contributed by atoms with van der Waals surface area (Å²) in [7, 11) is 0. The Bertz CT molecular complexity index is 830. The van der Waals surface area contributed by atoms with Gasteiger partial charge in [-0.3, -0.25) is 14.4 Å². The van der Waals surface area contributed by atoms with Crippen LogP contribution in [0.4, 0.5) is 0 Å². The van der Waals surface area contributed by atoms with Crippen LogP contribution in [-0.4, -0.2) is 41.7 Å². The van der Waals surface area contributed by atoms with E-state index in [1.54, 1.807) is 13.8 Å². The van der Waals surface area contributed by atoms with E-state index in [9.17, 15) is 14.4 Å². The summed E-state index contributed by atoms with van der Waals surface area (Å²) in [6, 6.07) is 18.1. The maximum atomic E-state index is 12.7. The van der Waals surface area contributed by atoms with E-state index in [4.69, 9.17) is 12.2 Å². The number of hydrogen-bond acceptors (Lipinski definition) is 4. The SMILES string of the molecule is CC(=S)[C@H](C)C(=O)NC(C(=O)NCCc1ccccc1)C(=O)NCCc1ccccc1. The van der Waals surface area contributed by atoms with Gasteiger partial charge in [-0.15, -0.1) is 0 Å². The van der Waals surface area contributed by atoms with Crippen molar-refractivity contribution in [1.82, 2.24) is 16.0 Å². The maximum absolute atomic E-state index is 12.7. The zero-order valence-electron chi connectivity index (χ0n) is 17.9. The van der Waals surface area contributed by atoms with Crippen LogP contribution < -0.4 is 16.0 Å². The van der Waals surface area contributed by atoms with Crippen LogP contribution in [0.3, 0.4) is 0 Å². The topological polar surface area (TPSA) is 87.3 Å². The summed E-state index contributed by atoms with van der Waals surface area (Å²) in [6.07, 6.45) is 1.25. The third-order valence-electron chi connectivity index (χ3n) is 4.93. The number of hydrogen-bond donors (Lipinski definition) is 3. The molecule has 3 N–H and O–H groups in total. The smallest absolute Gasteiger partial charge is 0.252 e. The Balaban J connectivity index is 1.96. The zero-order chi connectivity index (χ0) is 22.6. The second-order valence-corrected chi connectivity index (χ2v) is 7.97. The van der Waals surface area contributed by atoms with Gasteiger partial charge in [-0.25, -0.2) is 0 Å². The first-order valence-corrected chi connectivity index (χ1v) is 10.7. The largest absolute Gasteiger partial charge is 0.354 e. The highest BCUT2D eigenvalue weighted by molar-refractivity contribution is 7.80. The van der Waals surface area contributed by atoms with Crippen molar-refractivity contribution in [2.24, 2.45) is 5.92 Å². The van der Waals surface area contributed by atoms with Crippen LogP contribution in [0.25, 0.3) is 0 Å². The number of thiocarbonyl (C=S) groups is 1. The lowest BCUT2D eigenvalue weighted by Crippen LogP contribution is -2.56. The lowest BCUT2D eigenvalue weighted by Gasteiger charge is -2.20. The van der Waals surface area contributed by atoms with Crippen LogP contribution in [0.5, 0.6) is 0 Å². The van der Waals surface area contributed by atoms with Gasteiger partial charge in [0, 0.05) is 18.0 Å². The molecule has 0 fully saturated rings. The van der Waals surface area contributed by atoms with Gasteiger partial charge in [0.25, 0.3) is 11.8 Å². The van der Waals surface area contributed by atoms with Gasteiger partial charge in [0.2, 0.25) is 5.91 Å². The van der Waals surface area contributed by atoms with Crippen molar-refractivity contribution in [1.29, 1.82) is 0 Å². The number of amides is 3. The van der Waals surface area contributed by atoms with Crippen LogP contribution in [-0.2, 0) is 27.2 Å². The molecule has 31 heavy (non-hydrogen) atoms. The van der Waals surface area contributed by atoms with Crippen molar-refractivity contribution in [2.75, 3.05) is 13.1 Å². The lowest BCUT2D eigenvalue weighted by molar-refractivity contribution is -0.137. The highest BCUT2D eigenvalue weighted by Gasteiger charge is 2.30. The number of nitrogens with one attached hydrogen (secondary N) is 3. The summed E-state index contributed by atoms with van der Waals surface area (Å²) in [5.41, 5.74) is 2.14. The van der Waals surface area contributed by atoms with Crippen LogP contribution in [0.15, 0.2) is 60.7 Å². The van der Waals surface area contributed by atoms with Crippen LogP contribution in [0.2, 0.25) is 0 Å². The predicted molar refractivity (Wildman–Crippen MR) is 126 cm³/mol. The third-order valence-corrected chi connectivity index (χ3v) is 5.28. The summed E-state index contributed by atoms with van der Waals surface area (Å²) in [6.45, 7) is 4.02. The number of carbonyl (C=O) groups excluding carboxylic acids is 3. The molecule has 0 aliphatic carbocycles. The molecule has 0 spiro atoms. The molecule has 0 unspecified atom stereocenters. The molecule has 0 bridgehead atoms. The van der Waals surface area contributed by atoms with Crippen molar-refractivity contribution in [3.63, 3.8) is 0 Å². The van der Waals surface area contributed by atoms with Gasteiger partial charge >= 0.3 is 0 Å². The van der Waals surface area contributed by atoms with Gasteiger partial charge in [0.15, 0.2) is 6.04 Å². The zero-order valence-corrected chi connectivity index (χ0v) is 18.7. The second kappa shape index (κ2) is 12.6. The first-order chi connectivity index (χ1) is 14.9. The molecule has 0 saturated carbocycles. The van der Waals surface area contributed by atoms with E-state index >= 15 is 0 Å². The molecule has 0 heterocycles. The van der Waals surface area contributed by atoms with E-state index in [2.05, 4.69) is 16.0 Å². The van der Waals surface area contributed by atoms with Gasteiger partial charge in [0.1, 0.15) is 0 Å². The normalized spacial score (nSPS) is 11.5. The Morgan fingerprint density at radius 1 is 0.774 bits per heavy atom. The molecule has 0 aliphatic heterocycles. The summed E-state index contributed by atoms with van der Waals surface area (Å²) in [5, 5.41) is 8.04. The minimum atomic E-state index is -1.32. The molecule has 7 heteroatoms. The molecule has 0 aliphatic rings. The van der Waals surface area contributed by atoms with Crippen molar-refractivity contribution >= 4 is 34.8 Å². The summed E-state index contributed by atoms with van der Waals surface area (Å²) >= 11 is 5.06. The van der Waals surface area contributed by atoms with Crippen LogP contribution in [0.1, 0.15) is 25.0 Å². The van der Waals surface area contributed by atoms with Gasteiger partial charge < -0.3 is 16.0 Å². The van der Waals surface area contributed by atoms with E-state index < -0.39 is 29.7 Å².